The van der Waals surface area contributed by atoms with Crippen molar-refractivity contribution in [1.82, 2.24) is 0 Å². The summed E-state index contributed by atoms with van der Waals surface area (Å²) in [6.07, 6.45) is 9.82. The van der Waals surface area contributed by atoms with E-state index in [1.807, 2.05) is 39.0 Å². The minimum absolute atomic E-state index is 0.116. The molecule has 0 atom stereocenters. The molecular weight excluding hydrogens is 424 g/mol. The Balaban J connectivity index is 0.000000380. The molecular formula is C30H44O4. The second kappa shape index (κ2) is 14.6. The van der Waals surface area contributed by atoms with E-state index in [0.29, 0.717) is 11.1 Å². The third kappa shape index (κ3) is 8.96. The lowest BCUT2D eigenvalue weighted by atomic mass is 9.84. The van der Waals surface area contributed by atoms with Gasteiger partial charge in [0.1, 0.15) is 0 Å². The fraction of sp³-hybridized carbons (Fsp3) is 0.533. The Hall–Kier alpha value is -2.62. The van der Waals surface area contributed by atoms with Crippen molar-refractivity contribution in [2.24, 2.45) is 0 Å². The largest absolute Gasteiger partial charge is 0.478 e. The van der Waals surface area contributed by atoms with Crippen LogP contribution in [0.4, 0.5) is 0 Å². The molecule has 2 rings (SSSR count). The predicted molar refractivity (Wildman–Crippen MR) is 141 cm³/mol. The van der Waals surface area contributed by atoms with Crippen molar-refractivity contribution in [3.63, 3.8) is 0 Å². The Morgan fingerprint density at radius 3 is 1.65 bits per heavy atom. The summed E-state index contributed by atoms with van der Waals surface area (Å²) >= 11 is 0. The molecule has 4 heteroatoms. The molecule has 2 aromatic rings. The first-order valence-electron chi connectivity index (χ1n) is 12.8. The SMILES string of the molecule is CC(C)(C)c1ccccc1C(=O)O.CCCCc1ccc(C(=O)O)c(CCCC)c1CCCC. The normalized spacial score (nSPS) is 11.0. The molecule has 0 spiro atoms. The minimum Gasteiger partial charge on any atom is -0.478 e. The van der Waals surface area contributed by atoms with E-state index in [9.17, 15) is 14.7 Å². The van der Waals surface area contributed by atoms with Crippen molar-refractivity contribution in [3.8, 4) is 0 Å². The number of carboxylic acids is 2. The highest BCUT2D eigenvalue weighted by molar-refractivity contribution is 5.90. The summed E-state index contributed by atoms with van der Waals surface area (Å²) in [4.78, 5) is 22.4. The molecule has 0 radical (unpaired) electrons. The van der Waals surface area contributed by atoms with E-state index in [1.54, 1.807) is 12.1 Å². The molecule has 0 aliphatic rings. The second-order valence-corrected chi connectivity index (χ2v) is 9.95. The van der Waals surface area contributed by atoms with E-state index in [0.717, 1.165) is 56.1 Å². The van der Waals surface area contributed by atoms with Crippen LogP contribution in [0.3, 0.4) is 0 Å². The smallest absolute Gasteiger partial charge is 0.335 e. The molecule has 0 saturated heterocycles. The fourth-order valence-electron chi connectivity index (χ4n) is 4.17. The highest BCUT2D eigenvalue weighted by Gasteiger charge is 2.20. The fourth-order valence-corrected chi connectivity index (χ4v) is 4.17. The number of hydrogen-bond acceptors (Lipinski definition) is 2. The van der Waals surface area contributed by atoms with Gasteiger partial charge in [0.05, 0.1) is 11.1 Å². The van der Waals surface area contributed by atoms with E-state index in [2.05, 4.69) is 26.8 Å². The van der Waals surface area contributed by atoms with Crippen molar-refractivity contribution in [3.05, 3.63) is 69.8 Å². The van der Waals surface area contributed by atoms with Crippen molar-refractivity contribution in [2.75, 3.05) is 0 Å². The standard InChI is InChI=1S/C19H30O2.C11H14O2/c1-4-7-10-15-13-14-18(19(20)21)17(12-9-6-3)16(15)11-8-5-2;1-11(2,3)9-7-5-4-6-8(9)10(12)13/h13-14H,4-12H2,1-3H3,(H,20,21);4-7H,1-3H3,(H,12,13). The topological polar surface area (TPSA) is 74.6 Å². The average Bonchev–Trinajstić information content (AvgIpc) is 2.79. The van der Waals surface area contributed by atoms with Gasteiger partial charge in [-0.1, -0.05) is 85.1 Å². The van der Waals surface area contributed by atoms with Crippen LogP contribution in [0, 0.1) is 0 Å². The molecule has 0 heterocycles. The minimum atomic E-state index is -0.856. The number of benzene rings is 2. The molecule has 0 unspecified atom stereocenters. The van der Waals surface area contributed by atoms with E-state index >= 15 is 0 Å². The van der Waals surface area contributed by atoms with Crippen molar-refractivity contribution >= 4 is 11.9 Å². The summed E-state index contributed by atoms with van der Waals surface area (Å²) in [5, 5.41) is 18.4. The van der Waals surface area contributed by atoms with Gasteiger partial charge in [-0.15, -0.1) is 0 Å². The van der Waals surface area contributed by atoms with E-state index in [-0.39, 0.29) is 5.41 Å². The number of rotatable bonds is 11. The number of carboxylic acid groups (broad SMARTS) is 2. The van der Waals surface area contributed by atoms with Crippen LogP contribution in [0.25, 0.3) is 0 Å². The van der Waals surface area contributed by atoms with E-state index < -0.39 is 11.9 Å². The Labute approximate surface area is 206 Å². The lowest BCUT2D eigenvalue weighted by Crippen LogP contribution is -2.16. The molecule has 2 aromatic carbocycles. The van der Waals surface area contributed by atoms with Gasteiger partial charge in [0.2, 0.25) is 0 Å². The van der Waals surface area contributed by atoms with Crippen molar-refractivity contribution in [1.29, 1.82) is 0 Å². The summed E-state index contributed by atoms with van der Waals surface area (Å²) in [6, 6.07) is 11.0. The average molecular weight is 469 g/mol. The molecule has 2 N–H and O–H groups in total. The lowest BCUT2D eigenvalue weighted by Gasteiger charge is -2.20. The molecule has 0 saturated carbocycles. The van der Waals surface area contributed by atoms with Crippen LogP contribution in [0.5, 0.6) is 0 Å². The third-order valence-corrected chi connectivity index (χ3v) is 6.08. The van der Waals surface area contributed by atoms with Crippen LogP contribution >= 0.6 is 0 Å². The summed E-state index contributed by atoms with van der Waals surface area (Å²) < 4.78 is 0. The monoisotopic (exact) mass is 468 g/mol. The first-order valence-corrected chi connectivity index (χ1v) is 12.8. The molecule has 0 aliphatic carbocycles. The van der Waals surface area contributed by atoms with Gasteiger partial charge in [0.25, 0.3) is 0 Å². The Morgan fingerprint density at radius 1 is 0.676 bits per heavy atom. The molecule has 0 fully saturated rings. The van der Waals surface area contributed by atoms with Crippen LogP contribution < -0.4 is 0 Å². The van der Waals surface area contributed by atoms with Crippen LogP contribution in [0.1, 0.15) is 123 Å². The molecule has 34 heavy (non-hydrogen) atoms. The quantitative estimate of drug-likeness (QED) is 0.349. The van der Waals surface area contributed by atoms with Gasteiger partial charge in [0, 0.05) is 0 Å². The zero-order chi connectivity index (χ0) is 25.7. The lowest BCUT2D eigenvalue weighted by molar-refractivity contribution is 0.0684. The maximum absolute atomic E-state index is 11.5. The maximum atomic E-state index is 11.5. The van der Waals surface area contributed by atoms with Gasteiger partial charge in [-0.05, 0) is 78.3 Å². The van der Waals surface area contributed by atoms with Crippen molar-refractivity contribution in [2.45, 2.75) is 105 Å². The summed E-state index contributed by atoms with van der Waals surface area (Å²) in [7, 11) is 0. The predicted octanol–water partition coefficient (Wildman–Crippen LogP) is 8.09. The Kier molecular flexibility index (Phi) is 12.6. The molecule has 188 valence electrons. The van der Waals surface area contributed by atoms with Crippen LogP contribution in [-0.2, 0) is 24.7 Å². The van der Waals surface area contributed by atoms with Crippen LogP contribution in [-0.4, -0.2) is 22.2 Å². The van der Waals surface area contributed by atoms with Gasteiger partial charge in [-0.2, -0.15) is 0 Å². The first-order chi connectivity index (χ1) is 16.1. The van der Waals surface area contributed by atoms with Crippen LogP contribution in [0.2, 0.25) is 0 Å². The van der Waals surface area contributed by atoms with Gasteiger partial charge >= 0.3 is 11.9 Å². The maximum Gasteiger partial charge on any atom is 0.335 e. The van der Waals surface area contributed by atoms with Gasteiger partial charge in [-0.3, -0.25) is 0 Å². The van der Waals surface area contributed by atoms with Gasteiger partial charge in [-0.25, -0.2) is 9.59 Å². The summed E-state index contributed by atoms with van der Waals surface area (Å²) in [5.41, 5.74) is 5.49. The number of hydrogen-bond donors (Lipinski definition) is 2. The molecule has 4 nitrogen and oxygen atoms in total. The third-order valence-electron chi connectivity index (χ3n) is 6.08. The van der Waals surface area contributed by atoms with Crippen LogP contribution in [0.15, 0.2) is 36.4 Å². The molecule has 0 aromatic heterocycles. The van der Waals surface area contributed by atoms with Crippen molar-refractivity contribution < 1.29 is 19.8 Å². The van der Waals surface area contributed by atoms with E-state index in [4.69, 9.17) is 5.11 Å². The summed E-state index contributed by atoms with van der Waals surface area (Å²) in [5.74, 6) is -1.63. The first kappa shape index (κ1) is 29.4. The zero-order valence-corrected chi connectivity index (χ0v) is 22.0. The number of aromatic carboxylic acids is 2. The Morgan fingerprint density at radius 2 is 1.18 bits per heavy atom. The molecule has 0 amide bonds. The molecule has 0 aliphatic heterocycles. The second-order valence-electron chi connectivity index (χ2n) is 9.95. The highest BCUT2D eigenvalue weighted by Crippen LogP contribution is 2.26. The number of aryl methyl sites for hydroxylation is 1. The zero-order valence-electron chi connectivity index (χ0n) is 22.0. The van der Waals surface area contributed by atoms with Gasteiger partial charge < -0.3 is 10.2 Å². The number of unbranched alkanes of at least 4 members (excludes halogenated alkanes) is 3. The summed E-state index contributed by atoms with van der Waals surface area (Å²) in [6.45, 7) is 12.6. The Bertz CT molecular complexity index is 922. The van der Waals surface area contributed by atoms with Gasteiger partial charge in [0.15, 0.2) is 0 Å². The molecule has 0 bridgehead atoms. The number of carbonyl (C=O) groups is 2. The highest BCUT2D eigenvalue weighted by atomic mass is 16.4. The van der Waals surface area contributed by atoms with E-state index in [1.165, 1.54) is 24.0 Å².